The average molecular weight is 254 g/mol. The van der Waals surface area contributed by atoms with E-state index >= 15 is 0 Å². The SMILES string of the molecule is Cc1coc(SCC(=O)N2CCC(=O)CC2)n1. The third-order valence-electron chi connectivity index (χ3n) is 2.59. The van der Waals surface area contributed by atoms with Crippen LogP contribution in [0.3, 0.4) is 0 Å². The van der Waals surface area contributed by atoms with Crippen LogP contribution in [0.25, 0.3) is 0 Å². The number of likely N-dealkylation sites (tertiary alicyclic amines) is 1. The van der Waals surface area contributed by atoms with Crippen molar-refractivity contribution in [2.75, 3.05) is 18.8 Å². The second-order valence-corrected chi connectivity index (χ2v) is 4.89. The minimum absolute atomic E-state index is 0.0401. The summed E-state index contributed by atoms with van der Waals surface area (Å²) in [4.78, 5) is 28.7. The van der Waals surface area contributed by atoms with Gasteiger partial charge in [0.05, 0.1) is 11.4 Å². The standard InChI is InChI=1S/C11H14N2O3S/c1-8-6-16-11(12-8)17-7-10(15)13-4-2-9(14)3-5-13/h6H,2-5,7H2,1H3. The summed E-state index contributed by atoms with van der Waals surface area (Å²) < 4.78 is 5.15. The number of thioether (sulfide) groups is 1. The van der Waals surface area contributed by atoms with Gasteiger partial charge in [0.25, 0.3) is 5.22 Å². The van der Waals surface area contributed by atoms with Gasteiger partial charge in [-0.25, -0.2) is 4.98 Å². The number of hydrogen-bond acceptors (Lipinski definition) is 5. The van der Waals surface area contributed by atoms with Crippen molar-refractivity contribution in [1.29, 1.82) is 0 Å². The highest BCUT2D eigenvalue weighted by atomic mass is 32.2. The molecule has 0 unspecified atom stereocenters. The van der Waals surface area contributed by atoms with Crippen LogP contribution in [0.15, 0.2) is 15.9 Å². The van der Waals surface area contributed by atoms with E-state index in [1.165, 1.54) is 11.8 Å². The lowest BCUT2D eigenvalue weighted by Gasteiger charge is -2.25. The zero-order valence-electron chi connectivity index (χ0n) is 9.64. The van der Waals surface area contributed by atoms with Crippen molar-refractivity contribution in [1.82, 2.24) is 9.88 Å². The number of carbonyl (C=O) groups is 2. The van der Waals surface area contributed by atoms with Crippen LogP contribution in [0, 0.1) is 6.92 Å². The molecule has 1 aromatic heterocycles. The fourth-order valence-electron chi connectivity index (χ4n) is 1.62. The van der Waals surface area contributed by atoms with Gasteiger partial charge in [-0.3, -0.25) is 9.59 Å². The lowest BCUT2D eigenvalue weighted by molar-refractivity contribution is -0.132. The van der Waals surface area contributed by atoms with E-state index in [1.807, 2.05) is 6.92 Å². The van der Waals surface area contributed by atoms with Crippen molar-refractivity contribution in [2.45, 2.75) is 25.0 Å². The van der Waals surface area contributed by atoms with Crippen LogP contribution in [0.2, 0.25) is 0 Å². The van der Waals surface area contributed by atoms with Crippen LogP contribution in [0.1, 0.15) is 18.5 Å². The van der Waals surface area contributed by atoms with Gasteiger partial charge in [-0.15, -0.1) is 0 Å². The molecular formula is C11H14N2O3S. The lowest BCUT2D eigenvalue weighted by Crippen LogP contribution is -2.39. The number of ketones is 1. The summed E-state index contributed by atoms with van der Waals surface area (Å²) in [6.45, 7) is 2.93. The largest absolute Gasteiger partial charge is 0.440 e. The van der Waals surface area contributed by atoms with Gasteiger partial charge in [0, 0.05) is 25.9 Å². The molecule has 0 bridgehead atoms. The quantitative estimate of drug-likeness (QED) is 0.760. The Morgan fingerprint density at radius 1 is 1.53 bits per heavy atom. The molecule has 1 aromatic rings. The summed E-state index contributed by atoms with van der Waals surface area (Å²) >= 11 is 1.29. The average Bonchev–Trinajstić information content (AvgIpc) is 2.73. The number of rotatable bonds is 3. The number of aryl methyl sites for hydroxylation is 1. The Kier molecular flexibility index (Phi) is 3.83. The number of aromatic nitrogens is 1. The zero-order chi connectivity index (χ0) is 12.3. The first-order valence-electron chi connectivity index (χ1n) is 5.49. The molecule has 0 N–H and O–H groups in total. The zero-order valence-corrected chi connectivity index (χ0v) is 10.5. The molecule has 2 heterocycles. The molecular weight excluding hydrogens is 240 g/mol. The van der Waals surface area contributed by atoms with E-state index in [1.54, 1.807) is 11.2 Å². The number of oxazole rings is 1. The van der Waals surface area contributed by atoms with Gasteiger partial charge in [-0.1, -0.05) is 11.8 Å². The minimum Gasteiger partial charge on any atom is -0.440 e. The molecule has 1 fully saturated rings. The van der Waals surface area contributed by atoms with Gasteiger partial charge in [-0.05, 0) is 6.92 Å². The van der Waals surface area contributed by atoms with Crippen molar-refractivity contribution in [2.24, 2.45) is 0 Å². The molecule has 92 valence electrons. The van der Waals surface area contributed by atoms with Gasteiger partial charge in [-0.2, -0.15) is 0 Å². The van der Waals surface area contributed by atoms with Crippen molar-refractivity contribution in [3.8, 4) is 0 Å². The molecule has 1 aliphatic heterocycles. The van der Waals surface area contributed by atoms with E-state index in [9.17, 15) is 9.59 Å². The lowest BCUT2D eigenvalue weighted by atomic mass is 10.1. The predicted octanol–water partition coefficient (Wildman–Crippen LogP) is 1.27. The highest BCUT2D eigenvalue weighted by Gasteiger charge is 2.21. The van der Waals surface area contributed by atoms with Crippen molar-refractivity contribution < 1.29 is 14.0 Å². The monoisotopic (exact) mass is 254 g/mol. The van der Waals surface area contributed by atoms with Crippen LogP contribution in [-0.2, 0) is 9.59 Å². The van der Waals surface area contributed by atoms with Gasteiger partial charge in [0.1, 0.15) is 12.0 Å². The molecule has 6 heteroatoms. The van der Waals surface area contributed by atoms with Crippen molar-refractivity contribution in [3.05, 3.63) is 12.0 Å². The summed E-state index contributed by atoms with van der Waals surface area (Å²) in [7, 11) is 0. The highest BCUT2D eigenvalue weighted by Crippen LogP contribution is 2.18. The van der Waals surface area contributed by atoms with E-state index in [0.717, 1.165) is 5.69 Å². The topological polar surface area (TPSA) is 63.4 Å². The van der Waals surface area contributed by atoms with Crippen LogP contribution >= 0.6 is 11.8 Å². The fourth-order valence-corrected chi connectivity index (χ4v) is 2.37. The summed E-state index contributed by atoms with van der Waals surface area (Å²) in [5.74, 6) is 0.595. The molecule has 1 amide bonds. The first kappa shape index (κ1) is 12.2. The Morgan fingerprint density at radius 2 is 2.24 bits per heavy atom. The first-order chi connectivity index (χ1) is 8.15. The predicted molar refractivity (Wildman–Crippen MR) is 62.8 cm³/mol. The van der Waals surface area contributed by atoms with E-state index in [2.05, 4.69) is 4.98 Å². The number of hydrogen-bond donors (Lipinski definition) is 0. The van der Waals surface area contributed by atoms with Gasteiger partial charge in [0.15, 0.2) is 0 Å². The Labute approximate surface area is 104 Å². The number of nitrogens with zero attached hydrogens (tertiary/aromatic N) is 2. The number of amides is 1. The highest BCUT2D eigenvalue weighted by molar-refractivity contribution is 7.99. The normalized spacial score (nSPS) is 16.3. The fraction of sp³-hybridized carbons (Fsp3) is 0.545. The summed E-state index contributed by atoms with van der Waals surface area (Å²) in [6, 6.07) is 0. The maximum Gasteiger partial charge on any atom is 0.256 e. The second-order valence-electron chi connectivity index (χ2n) is 3.96. The summed E-state index contributed by atoms with van der Waals surface area (Å²) in [5, 5.41) is 0.518. The third-order valence-corrected chi connectivity index (χ3v) is 3.42. The van der Waals surface area contributed by atoms with Crippen LogP contribution in [-0.4, -0.2) is 40.4 Å². The molecule has 5 nitrogen and oxygen atoms in total. The molecule has 0 spiro atoms. The molecule has 1 aliphatic rings. The molecule has 0 aliphatic carbocycles. The second kappa shape index (κ2) is 5.35. The maximum absolute atomic E-state index is 11.8. The van der Waals surface area contributed by atoms with Crippen LogP contribution in [0.4, 0.5) is 0 Å². The van der Waals surface area contributed by atoms with Gasteiger partial charge >= 0.3 is 0 Å². The Hall–Kier alpha value is -1.30. The molecule has 0 radical (unpaired) electrons. The van der Waals surface area contributed by atoms with E-state index in [-0.39, 0.29) is 11.7 Å². The molecule has 17 heavy (non-hydrogen) atoms. The minimum atomic E-state index is 0.0401. The summed E-state index contributed by atoms with van der Waals surface area (Å²) in [6.07, 6.45) is 2.52. The summed E-state index contributed by atoms with van der Waals surface area (Å²) in [5.41, 5.74) is 0.809. The molecule has 2 rings (SSSR count). The Bertz CT molecular complexity index is 420. The number of piperidine rings is 1. The molecule has 0 aromatic carbocycles. The number of Topliss-reactive ketones (excluding diaryl/α,β-unsaturated/α-hetero) is 1. The first-order valence-corrected chi connectivity index (χ1v) is 6.48. The molecule has 1 saturated heterocycles. The van der Waals surface area contributed by atoms with Gasteiger partial charge < -0.3 is 9.32 Å². The van der Waals surface area contributed by atoms with Gasteiger partial charge in [0.2, 0.25) is 5.91 Å². The Morgan fingerprint density at radius 3 is 2.82 bits per heavy atom. The third kappa shape index (κ3) is 3.33. The van der Waals surface area contributed by atoms with E-state index < -0.39 is 0 Å². The maximum atomic E-state index is 11.8. The van der Waals surface area contributed by atoms with E-state index in [4.69, 9.17) is 4.42 Å². The van der Waals surface area contributed by atoms with Crippen molar-refractivity contribution in [3.63, 3.8) is 0 Å². The van der Waals surface area contributed by atoms with Crippen LogP contribution in [0.5, 0.6) is 0 Å². The number of carbonyl (C=O) groups excluding carboxylic acids is 2. The molecule has 0 atom stereocenters. The van der Waals surface area contributed by atoms with E-state index in [0.29, 0.717) is 36.9 Å². The Balaban J connectivity index is 1.79. The van der Waals surface area contributed by atoms with Crippen LogP contribution < -0.4 is 0 Å². The smallest absolute Gasteiger partial charge is 0.256 e. The van der Waals surface area contributed by atoms with Crippen molar-refractivity contribution >= 4 is 23.5 Å². The molecule has 0 saturated carbocycles.